The van der Waals surface area contributed by atoms with Crippen LogP contribution in [0.15, 0.2) is 61.1 Å². The highest BCUT2D eigenvalue weighted by Gasteiger charge is 2.45. The quantitative estimate of drug-likeness (QED) is 0.415. The van der Waals surface area contributed by atoms with Crippen LogP contribution >= 0.6 is 0 Å². The topological polar surface area (TPSA) is 118 Å². The lowest BCUT2D eigenvalue weighted by atomic mass is 9.77. The molecule has 1 saturated heterocycles. The molecule has 1 amide bonds. The monoisotopic (exact) mass is 453 g/mol. The molecule has 0 saturated carbocycles. The van der Waals surface area contributed by atoms with E-state index < -0.39 is 5.54 Å². The van der Waals surface area contributed by atoms with E-state index in [1.807, 2.05) is 36.8 Å². The molecule has 2 aromatic carbocycles. The molecular formula is C26H27N7O. The number of H-pyrrole nitrogens is 2. The Morgan fingerprint density at radius 3 is 2.85 bits per heavy atom. The van der Waals surface area contributed by atoms with Crippen molar-refractivity contribution in [2.75, 3.05) is 33.2 Å². The van der Waals surface area contributed by atoms with E-state index in [1.54, 1.807) is 0 Å². The second kappa shape index (κ2) is 8.78. The molecule has 1 aliphatic heterocycles. The molecule has 8 heteroatoms. The molecule has 4 aromatic rings. The zero-order chi connectivity index (χ0) is 23.7. The van der Waals surface area contributed by atoms with Crippen LogP contribution in [0.5, 0.6) is 0 Å². The lowest BCUT2D eigenvalue weighted by Gasteiger charge is -2.51. The van der Waals surface area contributed by atoms with E-state index in [2.05, 4.69) is 62.4 Å². The number of carbonyl (C=O) groups excluding carboxylic acids is 1. The summed E-state index contributed by atoms with van der Waals surface area (Å²) < 4.78 is 0. The molecule has 1 aliphatic rings. The van der Waals surface area contributed by atoms with Crippen LogP contribution in [0.25, 0.3) is 22.0 Å². The highest BCUT2D eigenvalue weighted by atomic mass is 16.1. The van der Waals surface area contributed by atoms with Gasteiger partial charge in [0.25, 0.3) is 0 Å². The van der Waals surface area contributed by atoms with E-state index in [-0.39, 0.29) is 12.3 Å². The number of hydrogen-bond acceptors (Lipinski definition) is 5. The number of fused-ring (bicyclic) bond motifs is 1. The molecule has 8 nitrogen and oxygen atoms in total. The third-order valence-electron chi connectivity index (χ3n) is 6.86. The van der Waals surface area contributed by atoms with Crippen molar-refractivity contribution in [1.29, 1.82) is 5.26 Å². The van der Waals surface area contributed by atoms with Crippen molar-refractivity contribution >= 4 is 16.8 Å². The van der Waals surface area contributed by atoms with Gasteiger partial charge in [0.05, 0.1) is 28.9 Å². The third kappa shape index (κ3) is 3.65. The number of benzene rings is 2. The van der Waals surface area contributed by atoms with Crippen LogP contribution in [0.4, 0.5) is 0 Å². The number of nitrogens with one attached hydrogen (secondary N) is 2. The van der Waals surface area contributed by atoms with Crippen molar-refractivity contribution in [3.8, 4) is 17.2 Å². The molecule has 3 heterocycles. The molecule has 172 valence electrons. The smallest absolute Gasteiger partial charge is 0.218 e. The van der Waals surface area contributed by atoms with E-state index in [0.29, 0.717) is 18.7 Å². The normalized spacial score (nSPS) is 19.3. The van der Waals surface area contributed by atoms with Crippen LogP contribution in [0.3, 0.4) is 0 Å². The number of hydrogen-bond donors (Lipinski definition) is 3. The molecule has 0 bridgehead atoms. The highest BCUT2D eigenvalue weighted by molar-refractivity contribution is 5.97. The summed E-state index contributed by atoms with van der Waals surface area (Å²) in [6.45, 7) is 2.89. The molecule has 5 rings (SSSR count). The van der Waals surface area contributed by atoms with Crippen LogP contribution < -0.4 is 5.73 Å². The Kier molecular flexibility index (Phi) is 5.65. The fraction of sp³-hybridized carbons (Fsp3) is 0.269. The number of aromatic nitrogens is 3. The van der Waals surface area contributed by atoms with Gasteiger partial charge in [0.1, 0.15) is 0 Å². The molecule has 1 fully saturated rings. The number of nitrogens with zero attached hydrogens (tertiary/aromatic N) is 4. The third-order valence-corrected chi connectivity index (χ3v) is 6.86. The predicted octanol–water partition coefficient (Wildman–Crippen LogP) is 2.80. The number of nitriles is 1. The molecule has 4 N–H and O–H groups in total. The van der Waals surface area contributed by atoms with Crippen molar-refractivity contribution in [2.45, 2.75) is 12.0 Å². The molecule has 0 radical (unpaired) electrons. The van der Waals surface area contributed by atoms with E-state index >= 15 is 0 Å². The fourth-order valence-corrected chi connectivity index (χ4v) is 5.27. The van der Waals surface area contributed by atoms with E-state index in [0.717, 1.165) is 46.2 Å². The first-order valence-corrected chi connectivity index (χ1v) is 11.3. The summed E-state index contributed by atoms with van der Waals surface area (Å²) in [4.78, 5) is 19.9. The first-order valence-electron chi connectivity index (χ1n) is 11.3. The molecule has 34 heavy (non-hydrogen) atoms. The van der Waals surface area contributed by atoms with Gasteiger partial charge in [-0.25, -0.2) is 0 Å². The van der Waals surface area contributed by atoms with Gasteiger partial charge in [-0.05, 0) is 24.7 Å². The van der Waals surface area contributed by atoms with E-state index in [4.69, 9.17) is 5.73 Å². The lowest BCUT2D eigenvalue weighted by molar-refractivity contribution is -0.118. The Balaban J connectivity index is 1.77. The molecule has 0 spiro atoms. The van der Waals surface area contributed by atoms with Gasteiger partial charge in [0.2, 0.25) is 5.91 Å². The average Bonchev–Trinajstić information content (AvgIpc) is 3.52. The maximum absolute atomic E-state index is 11.8. The largest absolute Gasteiger partial charge is 0.370 e. The van der Waals surface area contributed by atoms with Gasteiger partial charge in [0.15, 0.2) is 0 Å². The number of primary amides is 1. The highest BCUT2D eigenvalue weighted by Crippen LogP contribution is 2.43. The summed E-state index contributed by atoms with van der Waals surface area (Å²) >= 11 is 0. The van der Waals surface area contributed by atoms with Crippen molar-refractivity contribution < 1.29 is 4.79 Å². The number of piperazine rings is 1. The van der Waals surface area contributed by atoms with E-state index in [1.165, 1.54) is 0 Å². The summed E-state index contributed by atoms with van der Waals surface area (Å²) in [5.74, 6) is -0.320. The number of rotatable bonds is 6. The number of carbonyl (C=O) groups is 1. The fourth-order valence-electron chi connectivity index (χ4n) is 5.27. The number of para-hydroxylation sites is 1. The Bertz CT molecular complexity index is 1370. The minimum atomic E-state index is -0.576. The Hall–Kier alpha value is -3.93. The van der Waals surface area contributed by atoms with Gasteiger partial charge < -0.3 is 15.6 Å². The van der Waals surface area contributed by atoms with Crippen LogP contribution in [-0.4, -0.2) is 64.1 Å². The van der Waals surface area contributed by atoms with Crippen molar-refractivity contribution in [1.82, 2.24) is 25.0 Å². The van der Waals surface area contributed by atoms with Gasteiger partial charge >= 0.3 is 0 Å². The van der Waals surface area contributed by atoms with E-state index in [9.17, 15) is 10.1 Å². The summed E-state index contributed by atoms with van der Waals surface area (Å²) in [5, 5.41) is 17.7. The summed E-state index contributed by atoms with van der Waals surface area (Å²) in [6, 6.07) is 16.4. The minimum absolute atomic E-state index is 0.268. The summed E-state index contributed by atoms with van der Waals surface area (Å²) in [7, 11) is 2.11. The van der Waals surface area contributed by atoms with Gasteiger partial charge in [-0.2, -0.15) is 10.4 Å². The molecular weight excluding hydrogens is 426 g/mol. The van der Waals surface area contributed by atoms with Gasteiger partial charge in [-0.3, -0.25) is 14.8 Å². The Labute approximate surface area is 198 Å². The summed E-state index contributed by atoms with van der Waals surface area (Å²) in [6.07, 6.45) is 5.98. The summed E-state index contributed by atoms with van der Waals surface area (Å²) in [5.41, 5.74) is 10.8. The first kappa shape index (κ1) is 21.9. The maximum atomic E-state index is 11.8. The zero-order valence-corrected chi connectivity index (χ0v) is 19.1. The van der Waals surface area contributed by atoms with Crippen LogP contribution in [0.1, 0.15) is 23.1 Å². The van der Waals surface area contributed by atoms with Crippen molar-refractivity contribution in [2.24, 2.45) is 5.73 Å². The van der Waals surface area contributed by atoms with Gasteiger partial charge in [-0.15, -0.1) is 0 Å². The van der Waals surface area contributed by atoms with Crippen LogP contribution in [0.2, 0.25) is 0 Å². The second-order valence-electron chi connectivity index (χ2n) is 8.91. The van der Waals surface area contributed by atoms with Crippen molar-refractivity contribution in [3.63, 3.8) is 0 Å². The van der Waals surface area contributed by atoms with Crippen LogP contribution in [-0.2, 0) is 10.3 Å². The van der Waals surface area contributed by atoms with Crippen LogP contribution in [0, 0.1) is 11.3 Å². The Morgan fingerprint density at radius 1 is 1.24 bits per heavy atom. The van der Waals surface area contributed by atoms with Gasteiger partial charge in [0, 0.05) is 67.1 Å². The SMILES string of the molecule is CN1CCN(CCC(N)=O)C(c2cccc(C#N)c2)(c2cccc3c(-c4cn[nH]c4)c[nH]c23)C1. The molecule has 1 unspecified atom stereocenters. The van der Waals surface area contributed by atoms with Crippen molar-refractivity contribution in [3.05, 3.63) is 77.7 Å². The Morgan fingerprint density at radius 2 is 2.09 bits per heavy atom. The minimum Gasteiger partial charge on any atom is -0.370 e. The standard InChI is InChI=1S/C26H27N7O/c1-32-10-11-33(9-8-24(28)34)26(17-32,20-5-2-4-18(12-20)13-27)23-7-3-6-21-22(16-29-25(21)23)19-14-30-31-15-19/h2-7,12,14-16,29H,8-11,17H2,1H3,(H2,28,34)(H,30,31). The number of nitrogens with two attached hydrogens (primary N) is 1. The second-order valence-corrected chi connectivity index (χ2v) is 8.91. The number of aromatic amines is 2. The van der Waals surface area contributed by atoms with Gasteiger partial charge in [-0.1, -0.05) is 30.3 Å². The zero-order valence-electron chi connectivity index (χ0n) is 19.1. The molecule has 1 atom stereocenters. The average molecular weight is 454 g/mol. The maximum Gasteiger partial charge on any atom is 0.218 e. The molecule has 2 aromatic heterocycles. The molecule has 0 aliphatic carbocycles. The number of amides is 1. The lowest BCUT2D eigenvalue weighted by Crippen LogP contribution is -2.60. The number of likely N-dealkylation sites (N-methyl/N-ethyl adjacent to an activating group) is 1. The predicted molar refractivity (Wildman–Crippen MR) is 131 cm³/mol. The first-order chi connectivity index (χ1) is 16.5.